The molecule has 0 spiro atoms. The van der Waals surface area contributed by atoms with Crippen LogP contribution in [0.2, 0.25) is 0 Å². The van der Waals surface area contributed by atoms with Gasteiger partial charge in [-0.3, -0.25) is 0 Å². The summed E-state index contributed by atoms with van der Waals surface area (Å²) < 4.78 is 0. The Labute approximate surface area is 53.9 Å². The number of hydrogen-bond donors (Lipinski definition) is 3. The van der Waals surface area contributed by atoms with Gasteiger partial charge in [-0.1, -0.05) is 0 Å². The van der Waals surface area contributed by atoms with Crippen LogP contribution in [0.25, 0.3) is 0 Å². The van der Waals surface area contributed by atoms with Crippen molar-refractivity contribution < 1.29 is 0 Å². The van der Waals surface area contributed by atoms with Gasteiger partial charge >= 0.3 is 0 Å². The molecule has 8 heavy (non-hydrogen) atoms. The number of dihydropyridines is 1. The summed E-state index contributed by atoms with van der Waals surface area (Å²) in [5.74, 6) is 0. The van der Waals surface area contributed by atoms with Crippen molar-refractivity contribution in [2.45, 2.75) is 6.17 Å². The van der Waals surface area contributed by atoms with E-state index in [1.807, 2.05) is 12.2 Å². The maximum absolute atomic E-state index is 5.47. The van der Waals surface area contributed by atoms with Crippen LogP contribution in [0.1, 0.15) is 0 Å². The second kappa shape index (κ2) is 2.24. The fourth-order valence-electron chi connectivity index (χ4n) is 0.495. The summed E-state index contributed by atoms with van der Waals surface area (Å²) >= 11 is 4.08. The summed E-state index contributed by atoms with van der Waals surface area (Å²) in [6, 6.07) is 0. The van der Waals surface area contributed by atoms with Crippen molar-refractivity contribution in [1.82, 2.24) is 5.32 Å². The monoisotopic (exact) mass is 128 g/mol. The summed E-state index contributed by atoms with van der Waals surface area (Å²) in [5.41, 5.74) is 5.47. The molecule has 3 heteroatoms. The van der Waals surface area contributed by atoms with Crippen LogP contribution in [-0.4, -0.2) is 6.17 Å². The number of hydrogen-bond acceptors (Lipinski definition) is 3. The molecule has 0 saturated carbocycles. The van der Waals surface area contributed by atoms with Gasteiger partial charge in [0.1, 0.15) is 6.17 Å². The van der Waals surface area contributed by atoms with Crippen molar-refractivity contribution in [2.24, 2.45) is 5.73 Å². The lowest BCUT2D eigenvalue weighted by molar-refractivity contribution is 0.718. The van der Waals surface area contributed by atoms with E-state index in [-0.39, 0.29) is 6.17 Å². The molecule has 1 rings (SSSR count). The number of rotatable bonds is 0. The number of nitrogens with one attached hydrogen (secondary N) is 1. The third kappa shape index (κ3) is 1.05. The van der Waals surface area contributed by atoms with Crippen LogP contribution < -0.4 is 11.1 Å². The van der Waals surface area contributed by atoms with Gasteiger partial charge in [-0.2, -0.15) is 0 Å². The lowest BCUT2D eigenvalue weighted by Crippen LogP contribution is -2.35. The van der Waals surface area contributed by atoms with E-state index in [9.17, 15) is 0 Å². The molecular weight excluding hydrogens is 120 g/mol. The van der Waals surface area contributed by atoms with E-state index in [1.54, 1.807) is 6.20 Å². The molecule has 2 nitrogen and oxygen atoms in total. The van der Waals surface area contributed by atoms with Crippen LogP contribution in [0.5, 0.6) is 0 Å². The first-order valence-electron chi connectivity index (χ1n) is 2.38. The number of thiol groups is 1. The largest absolute Gasteiger partial charge is 0.372 e. The quantitative estimate of drug-likeness (QED) is 0.408. The van der Waals surface area contributed by atoms with Crippen LogP contribution in [0.4, 0.5) is 0 Å². The fourth-order valence-corrected chi connectivity index (χ4v) is 0.656. The Morgan fingerprint density at radius 1 is 1.75 bits per heavy atom. The second-order valence-corrected chi connectivity index (χ2v) is 2.11. The third-order valence-electron chi connectivity index (χ3n) is 0.958. The standard InChI is InChI=1S/C5H8N2S/c6-5-4(8)2-1-3-7-5/h1-3,5,7-8H,6H2. The number of nitrogens with two attached hydrogens (primary N) is 1. The highest BCUT2D eigenvalue weighted by Crippen LogP contribution is 2.05. The Bertz CT molecular complexity index is 139. The van der Waals surface area contributed by atoms with Crippen LogP contribution in [0.3, 0.4) is 0 Å². The van der Waals surface area contributed by atoms with Crippen molar-refractivity contribution in [3.63, 3.8) is 0 Å². The lowest BCUT2D eigenvalue weighted by Gasteiger charge is -2.13. The molecule has 1 aliphatic rings. The Hall–Kier alpha value is -0.410. The van der Waals surface area contributed by atoms with Crippen molar-refractivity contribution in [3.05, 3.63) is 23.3 Å². The van der Waals surface area contributed by atoms with E-state index in [2.05, 4.69) is 17.9 Å². The zero-order valence-corrected chi connectivity index (χ0v) is 5.23. The van der Waals surface area contributed by atoms with Gasteiger partial charge in [-0.05, 0) is 18.4 Å². The zero-order valence-electron chi connectivity index (χ0n) is 4.33. The number of allylic oxidation sites excluding steroid dienone is 2. The molecule has 3 N–H and O–H groups in total. The topological polar surface area (TPSA) is 38.0 Å². The van der Waals surface area contributed by atoms with Gasteiger partial charge in [0.2, 0.25) is 0 Å². The molecule has 0 aromatic rings. The van der Waals surface area contributed by atoms with E-state index in [0.717, 1.165) is 4.91 Å². The van der Waals surface area contributed by atoms with E-state index in [0.29, 0.717) is 0 Å². The first kappa shape index (κ1) is 5.72. The first-order valence-corrected chi connectivity index (χ1v) is 2.83. The van der Waals surface area contributed by atoms with E-state index >= 15 is 0 Å². The summed E-state index contributed by atoms with van der Waals surface area (Å²) in [6.45, 7) is 0. The molecule has 0 aliphatic carbocycles. The second-order valence-electron chi connectivity index (χ2n) is 1.59. The Morgan fingerprint density at radius 2 is 2.50 bits per heavy atom. The van der Waals surface area contributed by atoms with Crippen molar-refractivity contribution in [2.75, 3.05) is 0 Å². The average Bonchev–Trinajstić information content (AvgIpc) is 1.77. The minimum atomic E-state index is -0.108. The van der Waals surface area contributed by atoms with Crippen LogP contribution in [-0.2, 0) is 0 Å². The van der Waals surface area contributed by atoms with Crippen molar-refractivity contribution in [3.8, 4) is 0 Å². The van der Waals surface area contributed by atoms with Crippen molar-refractivity contribution in [1.29, 1.82) is 0 Å². The third-order valence-corrected chi connectivity index (χ3v) is 1.38. The molecule has 0 saturated heterocycles. The predicted octanol–water partition coefficient (Wildman–Crippen LogP) is 0.202. The van der Waals surface area contributed by atoms with Crippen LogP contribution in [0, 0.1) is 0 Å². The van der Waals surface area contributed by atoms with Gasteiger partial charge in [0, 0.05) is 4.91 Å². The molecule has 0 aromatic heterocycles. The van der Waals surface area contributed by atoms with Gasteiger partial charge in [-0.25, -0.2) is 0 Å². The molecule has 0 fully saturated rings. The summed E-state index contributed by atoms with van der Waals surface area (Å²) in [4.78, 5) is 0.868. The Kier molecular flexibility index (Phi) is 1.60. The van der Waals surface area contributed by atoms with Gasteiger partial charge in [0.15, 0.2) is 0 Å². The lowest BCUT2D eigenvalue weighted by atomic mass is 10.3. The summed E-state index contributed by atoms with van der Waals surface area (Å²) in [5, 5.41) is 2.88. The highest BCUT2D eigenvalue weighted by molar-refractivity contribution is 7.84. The van der Waals surface area contributed by atoms with E-state index < -0.39 is 0 Å². The van der Waals surface area contributed by atoms with Gasteiger partial charge in [-0.15, -0.1) is 12.6 Å². The molecule has 1 atom stereocenters. The van der Waals surface area contributed by atoms with Crippen LogP contribution in [0.15, 0.2) is 23.3 Å². The van der Waals surface area contributed by atoms with Crippen LogP contribution >= 0.6 is 12.6 Å². The smallest absolute Gasteiger partial charge is 0.106 e. The molecule has 1 unspecified atom stereocenters. The minimum absolute atomic E-state index is 0.108. The molecule has 0 amide bonds. The first-order chi connectivity index (χ1) is 3.80. The SMILES string of the molecule is NC1NC=CC=C1S. The summed E-state index contributed by atoms with van der Waals surface area (Å²) in [7, 11) is 0. The molecule has 0 radical (unpaired) electrons. The minimum Gasteiger partial charge on any atom is -0.372 e. The van der Waals surface area contributed by atoms with Gasteiger partial charge in [0.25, 0.3) is 0 Å². The normalized spacial score (nSPS) is 26.8. The highest BCUT2D eigenvalue weighted by Gasteiger charge is 2.02. The molecule has 0 bridgehead atoms. The van der Waals surface area contributed by atoms with Gasteiger partial charge in [0.05, 0.1) is 0 Å². The molecular formula is C5H8N2S. The zero-order chi connectivity index (χ0) is 5.98. The molecule has 1 aliphatic heterocycles. The Morgan fingerprint density at radius 3 is 2.88 bits per heavy atom. The fraction of sp³-hybridized carbons (Fsp3) is 0.200. The predicted molar refractivity (Wildman–Crippen MR) is 37.3 cm³/mol. The van der Waals surface area contributed by atoms with Crippen molar-refractivity contribution >= 4 is 12.6 Å². The highest BCUT2D eigenvalue weighted by atomic mass is 32.1. The van der Waals surface area contributed by atoms with Gasteiger partial charge < -0.3 is 11.1 Å². The van der Waals surface area contributed by atoms with E-state index in [1.165, 1.54) is 0 Å². The molecule has 0 aromatic carbocycles. The van der Waals surface area contributed by atoms with E-state index in [4.69, 9.17) is 5.73 Å². The maximum atomic E-state index is 5.47. The summed E-state index contributed by atoms with van der Waals surface area (Å²) in [6.07, 6.45) is 5.42. The Balaban J connectivity index is 2.66. The molecule has 44 valence electrons. The maximum Gasteiger partial charge on any atom is 0.106 e. The molecule has 1 heterocycles. The average molecular weight is 128 g/mol.